The fraction of sp³-hybridized carbons (Fsp3) is 0.400. The van der Waals surface area contributed by atoms with E-state index < -0.39 is 15.4 Å². The zero-order valence-corrected chi connectivity index (χ0v) is 9.74. The molecule has 0 aliphatic rings. The Hall–Kier alpha value is -0.950. The molecule has 1 aromatic rings. The maximum Gasteiger partial charge on any atom is 0.238 e. The van der Waals surface area contributed by atoms with E-state index in [-0.39, 0.29) is 18.1 Å². The molecule has 0 saturated carbocycles. The van der Waals surface area contributed by atoms with Gasteiger partial charge in [-0.15, -0.1) is 0 Å². The Bertz CT molecular complexity index is 448. The van der Waals surface area contributed by atoms with Crippen molar-refractivity contribution in [2.45, 2.75) is 17.2 Å². The lowest BCUT2D eigenvalue weighted by Gasteiger charge is -2.25. The molecule has 0 heterocycles. The molecule has 0 aliphatic heterocycles. The highest BCUT2D eigenvalue weighted by Gasteiger charge is 2.25. The number of rotatable bonds is 4. The van der Waals surface area contributed by atoms with Crippen molar-refractivity contribution in [2.24, 2.45) is 5.14 Å². The van der Waals surface area contributed by atoms with Crippen molar-refractivity contribution >= 4 is 10.0 Å². The highest BCUT2D eigenvalue weighted by Crippen LogP contribution is 2.23. The summed E-state index contributed by atoms with van der Waals surface area (Å²) in [4.78, 5) is 0.00878. The van der Waals surface area contributed by atoms with Crippen LogP contribution in [0.25, 0.3) is 0 Å². The first kappa shape index (κ1) is 13.1. The van der Waals surface area contributed by atoms with E-state index in [9.17, 15) is 8.42 Å². The van der Waals surface area contributed by atoms with E-state index in [1.54, 1.807) is 6.92 Å². The van der Waals surface area contributed by atoms with E-state index in [0.717, 1.165) is 0 Å². The lowest BCUT2D eigenvalue weighted by atomic mass is 9.84. The highest BCUT2D eigenvalue weighted by atomic mass is 32.2. The van der Waals surface area contributed by atoms with Crippen LogP contribution in [0.15, 0.2) is 29.2 Å². The van der Waals surface area contributed by atoms with Crippen LogP contribution in [-0.2, 0) is 15.4 Å². The van der Waals surface area contributed by atoms with Gasteiger partial charge in [-0.1, -0.05) is 19.1 Å². The van der Waals surface area contributed by atoms with Gasteiger partial charge in [0.2, 0.25) is 10.0 Å². The topological polar surface area (TPSA) is 101 Å². The summed E-state index contributed by atoms with van der Waals surface area (Å²) in [5.41, 5.74) is -0.124. The predicted octanol–water partition coefficient (Wildman–Crippen LogP) is -0.424. The Morgan fingerprint density at radius 2 is 1.62 bits per heavy atom. The van der Waals surface area contributed by atoms with Gasteiger partial charge in [-0.2, -0.15) is 0 Å². The molecule has 0 saturated heterocycles. The van der Waals surface area contributed by atoms with Gasteiger partial charge in [0.25, 0.3) is 0 Å². The monoisotopic (exact) mass is 245 g/mol. The molecular weight excluding hydrogens is 230 g/mol. The van der Waals surface area contributed by atoms with Crippen molar-refractivity contribution in [3.05, 3.63) is 29.8 Å². The van der Waals surface area contributed by atoms with E-state index in [4.69, 9.17) is 15.4 Å². The number of hydrogen-bond donors (Lipinski definition) is 3. The SMILES string of the molecule is CC(CO)(CO)c1ccc(S(N)(=O)=O)cc1. The first-order chi connectivity index (χ1) is 7.33. The lowest BCUT2D eigenvalue weighted by molar-refractivity contribution is 0.129. The van der Waals surface area contributed by atoms with Crippen LogP contribution in [0.1, 0.15) is 12.5 Å². The number of hydrogen-bond acceptors (Lipinski definition) is 4. The van der Waals surface area contributed by atoms with E-state index in [1.807, 2.05) is 0 Å². The van der Waals surface area contributed by atoms with Crippen molar-refractivity contribution < 1.29 is 18.6 Å². The minimum Gasteiger partial charge on any atom is -0.395 e. The molecule has 1 aromatic carbocycles. The molecule has 0 fully saturated rings. The van der Waals surface area contributed by atoms with Crippen LogP contribution in [-0.4, -0.2) is 31.8 Å². The number of nitrogens with two attached hydrogens (primary N) is 1. The Morgan fingerprint density at radius 3 is 1.94 bits per heavy atom. The molecular formula is C10H15NO4S. The van der Waals surface area contributed by atoms with Crippen molar-refractivity contribution in [3.63, 3.8) is 0 Å². The van der Waals surface area contributed by atoms with E-state index >= 15 is 0 Å². The van der Waals surface area contributed by atoms with E-state index in [0.29, 0.717) is 5.56 Å². The van der Waals surface area contributed by atoms with E-state index in [2.05, 4.69) is 0 Å². The van der Waals surface area contributed by atoms with Crippen LogP contribution in [0.4, 0.5) is 0 Å². The molecule has 1 rings (SSSR count). The smallest absolute Gasteiger partial charge is 0.238 e. The average molecular weight is 245 g/mol. The third-order valence-electron chi connectivity index (χ3n) is 2.58. The molecule has 0 amide bonds. The molecule has 0 spiro atoms. The van der Waals surface area contributed by atoms with Gasteiger partial charge >= 0.3 is 0 Å². The minimum atomic E-state index is -3.70. The second-order valence-electron chi connectivity index (χ2n) is 3.95. The van der Waals surface area contributed by atoms with Crippen LogP contribution < -0.4 is 5.14 Å². The van der Waals surface area contributed by atoms with Gasteiger partial charge < -0.3 is 10.2 Å². The van der Waals surface area contributed by atoms with Crippen LogP contribution in [0, 0.1) is 0 Å². The van der Waals surface area contributed by atoms with Gasteiger partial charge in [0.1, 0.15) is 0 Å². The summed E-state index contributed by atoms with van der Waals surface area (Å²) in [6.45, 7) is 1.23. The van der Waals surface area contributed by atoms with Gasteiger partial charge in [0.15, 0.2) is 0 Å². The zero-order chi connectivity index (χ0) is 12.4. The summed E-state index contributed by atoms with van der Waals surface area (Å²) in [5.74, 6) is 0. The van der Waals surface area contributed by atoms with E-state index in [1.165, 1.54) is 24.3 Å². The molecule has 90 valence electrons. The third kappa shape index (κ3) is 2.59. The Kier molecular flexibility index (Phi) is 3.69. The average Bonchev–Trinajstić information content (AvgIpc) is 2.27. The number of aliphatic hydroxyl groups excluding tert-OH is 2. The normalized spacial score (nSPS) is 12.8. The molecule has 0 bridgehead atoms. The molecule has 0 aromatic heterocycles. The van der Waals surface area contributed by atoms with Gasteiger partial charge in [0.05, 0.1) is 18.1 Å². The molecule has 5 nitrogen and oxygen atoms in total. The quantitative estimate of drug-likeness (QED) is 0.670. The molecule has 0 aliphatic carbocycles. The fourth-order valence-electron chi connectivity index (χ4n) is 1.28. The van der Waals surface area contributed by atoms with Gasteiger partial charge in [0, 0.05) is 5.41 Å². The molecule has 4 N–H and O–H groups in total. The second-order valence-corrected chi connectivity index (χ2v) is 5.51. The number of aliphatic hydroxyl groups is 2. The maximum absolute atomic E-state index is 11.0. The van der Waals surface area contributed by atoms with Crippen LogP contribution in [0.5, 0.6) is 0 Å². The van der Waals surface area contributed by atoms with Crippen molar-refractivity contribution in [3.8, 4) is 0 Å². The fourth-order valence-corrected chi connectivity index (χ4v) is 1.79. The summed E-state index contributed by atoms with van der Waals surface area (Å²) in [7, 11) is -3.70. The largest absolute Gasteiger partial charge is 0.395 e. The molecule has 0 radical (unpaired) electrons. The number of primary sulfonamides is 1. The third-order valence-corrected chi connectivity index (χ3v) is 3.51. The predicted molar refractivity (Wildman–Crippen MR) is 59.3 cm³/mol. The molecule has 0 unspecified atom stereocenters. The Balaban J connectivity index is 3.13. The molecule has 6 heteroatoms. The Morgan fingerprint density at radius 1 is 1.19 bits per heavy atom. The Labute approximate surface area is 94.6 Å². The van der Waals surface area contributed by atoms with Crippen molar-refractivity contribution in [1.29, 1.82) is 0 Å². The van der Waals surface area contributed by atoms with Crippen LogP contribution in [0.3, 0.4) is 0 Å². The maximum atomic E-state index is 11.0. The first-order valence-electron chi connectivity index (χ1n) is 4.68. The molecule has 0 atom stereocenters. The van der Waals surface area contributed by atoms with Gasteiger partial charge in [-0.25, -0.2) is 13.6 Å². The summed E-state index contributed by atoms with van der Waals surface area (Å²) in [5, 5.41) is 23.3. The lowest BCUT2D eigenvalue weighted by Crippen LogP contribution is -2.31. The summed E-state index contributed by atoms with van der Waals surface area (Å²) < 4.78 is 22.0. The van der Waals surface area contributed by atoms with Crippen molar-refractivity contribution in [1.82, 2.24) is 0 Å². The van der Waals surface area contributed by atoms with Crippen LogP contribution in [0.2, 0.25) is 0 Å². The van der Waals surface area contributed by atoms with Gasteiger partial charge in [-0.3, -0.25) is 0 Å². The zero-order valence-electron chi connectivity index (χ0n) is 8.92. The highest BCUT2D eigenvalue weighted by molar-refractivity contribution is 7.89. The summed E-state index contributed by atoms with van der Waals surface area (Å²) in [6.07, 6.45) is 0. The summed E-state index contributed by atoms with van der Waals surface area (Å²) in [6, 6.07) is 5.78. The van der Waals surface area contributed by atoms with Gasteiger partial charge in [-0.05, 0) is 17.7 Å². The standard InChI is InChI=1S/C10H15NO4S/c1-10(6-12,7-13)8-2-4-9(5-3-8)16(11,14)15/h2-5,12-13H,6-7H2,1H3,(H2,11,14,15). The number of benzene rings is 1. The first-order valence-corrected chi connectivity index (χ1v) is 6.23. The summed E-state index contributed by atoms with van der Waals surface area (Å²) >= 11 is 0. The minimum absolute atomic E-state index is 0.00878. The number of sulfonamides is 1. The molecule has 16 heavy (non-hydrogen) atoms. The van der Waals surface area contributed by atoms with Crippen molar-refractivity contribution in [2.75, 3.05) is 13.2 Å². The second kappa shape index (κ2) is 4.50. The van der Waals surface area contributed by atoms with Crippen LogP contribution >= 0.6 is 0 Å².